The van der Waals surface area contributed by atoms with Crippen LogP contribution in [0, 0.1) is 0 Å². The number of aromatic hydroxyl groups is 1. The molecule has 0 heterocycles. The molecule has 0 amide bonds. The van der Waals surface area contributed by atoms with E-state index in [0.29, 0.717) is 11.3 Å². The van der Waals surface area contributed by atoms with E-state index < -0.39 is 5.97 Å². The number of benzene rings is 2. The summed E-state index contributed by atoms with van der Waals surface area (Å²) in [5.41, 5.74) is 3.79. The van der Waals surface area contributed by atoms with Crippen molar-refractivity contribution in [2.24, 2.45) is 0 Å². The second kappa shape index (κ2) is 9.22. The molecule has 0 saturated carbocycles. The number of alkyl halides is 1. The third kappa shape index (κ3) is 6.16. The van der Waals surface area contributed by atoms with Gasteiger partial charge < -0.3 is 9.84 Å². The van der Waals surface area contributed by atoms with Crippen molar-refractivity contribution >= 4 is 17.6 Å². The lowest BCUT2D eigenvalue weighted by Crippen LogP contribution is -2.22. The van der Waals surface area contributed by atoms with Crippen molar-refractivity contribution in [2.75, 3.05) is 0 Å². The van der Waals surface area contributed by atoms with E-state index in [1.807, 2.05) is 47.6 Å². The third-order valence-corrected chi connectivity index (χ3v) is 6.43. The number of carbonyl (C=O) groups is 1. The largest absolute Gasteiger partial charge is 0.507 e. The molecule has 188 valence electrons. The summed E-state index contributed by atoms with van der Waals surface area (Å²) in [6.45, 7) is 25.0. The van der Waals surface area contributed by atoms with Gasteiger partial charge in [-0.05, 0) is 39.4 Å². The smallest absolute Gasteiger partial charge is 0.343 e. The summed E-state index contributed by atoms with van der Waals surface area (Å²) >= 11 is 6.37. The van der Waals surface area contributed by atoms with Crippen LogP contribution in [-0.2, 0) is 27.5 Å². The first-order valence-corrected chi connectivity index (χ1v) is 12.6. The van der Waals surface area contributed by atoms with Crippen molar-refractivity contribution in [1.82, 2.24) is 0 Å². The number of phenolic OH excluding ortho intramolecular Hbond substituents is 1. The number of ether oxygens (including phenoxy) is 1. The van der Waals surface area contributed by atoms with Crippen LogP contribution in [0.3, 0.4) is 0 Å². The zero-order valence-corrected chi connectivity index (χ0v) is 23.9. The van der Waals surface area contributed by atoms with Crippen LogP contribution >= 0.6 is 11.6 Å². The number of rotatable bonds is 3. The molecule has 2 aromatic carbocycles. The van der Waals surface area contributed by atoms with Crippen LogP contribution in [0.25, 0.3) is 0 Å². The first-order chi connectivity index (χ1) is 15.2. The predicted octanol–water partition coefficient (Wildman–Crippen LogP) is 8.54. The van der Waals surface area contributed by atoms with Crippen LogP contribution in [0.15, 0.2) is 24.3 Å². The summed E-state index contributed by atoms with van der Waals surface area (Å²) in [5, 5.41) is 11.0. The SMILES string of the molecule is CC(C)(C)c1cc(CCl)c(OC(=O)c2cc(C(C)(C)C)c(O)c(C(C)(C)C)c2)c(C(C)(C)C)c1. The van der Waals surface area contributed by atoms with E-state index in [-0.39, 0.29) is 33.3 Å². The maximum absolute atomic E-state index is 13.6. The quantitative estimate of drug-likeness (QED) is 0.268. The molecule has 4 heteroatoms. The fourth-order valence-corrected chi connectivity index (χ4v) is 4.14. The maximum atomic E-state index is 13.6. The second-order valence-corrected chi connectivity index (χ2v) is 13.7. The Hall–Kier alpha value is -2.00. The monoisotopic (exact) mass is 486 g/mol. The van der Waals surface area contributed by atoms with E-state index in [9.17, 15) is 9.90 Å². The zero-order valence-electron chi connectivity index (χ0n) is 23.2. The van der Waals surface area contributed by atoms with E-state index in [4.69, 9.17) is 16.3 Å². The van der Waals surface area contributed by atoms with Gasteiger partial charge in [-0.15, -0.1) is 11.6 Å². The molecule has 0 bridgehead atoms. The van der Waals surface area contributed by atoms with Crippen LogP contribution in [0.2, 0.25) is 0 Å². The molecule has 0 radical (unpaired) electrons. The second-order valence-electron chi connectivity index (χ2n) is 13.5. The van der Waals surface area contributed by atoms with E-state index >= 15 is 0 Å². The average Bonchev–Trinajstić information content (AvgIpc) is 2.64. The topological polar surface area (TPSA) is 46.5 Å². The Kier molecular flexibility index (Phi) is 7.66. The highest BCUT2D eigenvalue weighted by Gasteiger charge is 2.30. The van der Waals surface area contributed by atoms with Gasteiger partial charge in [0.25, 0.3) is 0 Å². The fraction of sp³-hybridized carbons (Fsp3) is 0.567. The van der Waals surface area contributed by atoms with Gasteiger partial charge in [0, 0.05) is 22.3 Å². The van der Waals surface area contributed by atoms with Crippen molar-refractivity contribution in [1.29, 1.82) is 0 Å². The minimum atomic E-state index is -0.448. The van der Waals surface area contributed by atoms with Gasteiger partial charge in [-0.2, -0.15) is 0 Å². The minimum Gasteiger partial charge on any atom is -0.507 e. The summed E-state index contributed by atoms with van der Waals surface area (Å²) in [7, 11) is 0. The van der Waals surface area contributed by atoms with Gasteiger partial charge >= 0.3 is 5.97 Å². The molecular weight excluding hydrogens is 444 g/mol. The molecule has 0 fully saturated rings. The number of esters is 1. The number of hydrogen-bond donors (Lipinski definition) is 1. The van der Waals surface area contributed by atoms with Crippen LogP contribution < -0.4 is 4.74 Å². The molecule has 0 unspecified atom stereocenters. The molecule has 0 aliphatic heterocycles. The molecule has 0 atom stereocenters. The number of phenols is 1. The normalized spacial score (nSPS) is 13.2. The molecule has 0 aromatic heterocycles. The summed E-state index contributed by atoms with van der Waals surface area (Å²) < 4.78 is 6.12. The van der Waals surface area contributed by atoms with Crippen LogP contribution in [0.1, 0.15) is 121 Å². The highest BCUT2D eigenvalue weighted by atomic mass is 35.5. The molecule has 0 spiro atoms. The Morgan fingerprint density at radius 2 is 1.18 bits per heavy atom. The van der Waals surface area contributed by atoms with Crippen LogP contribution in [0.5, 0.6) is 11.5 Å². The Morgan fingerprint density at radius 3 is 1.53 bits per heavy atom. The highest BCUT2D eigenvalue weighted by molar-refractivity contribution is 6.17. The molecule has 34 heavy (non-hydrogen) atoms. The van der Waals surface area contributed by atoms with Crippen molar-refractivity contribution in [3.05, 3.63) is 57.6 Å². The van der Waals surface area contributed by atoms with Gasteiger partial charge in [0.1, 0.15) is 11.5 Å². The molecule has 3 nitrogen and oxygen atoms in total. The predicted molar refractivity (Wildman–Crippen MR) is 144 cm³/mol. The van der Waals surface area contributed by atoms with Crippen LogP contribution in [0.4, 0.5) is 0 Å². The zero-order chi connectivity index (χ0) is 26.4. The highest BCUT2D eigenvalue weighted by Crippen LogP contribution is 2.42. The van der Waals surface area contributed by atoms with Gasteiger partial charge in [-0.25, -0.2) is 4.79 Å². The van der Waals surface area contributed by atoms with Crippen molar-refractivity contribution in [2.45, 2.75) is 111 Å². The van der Waals surface area contributed by atoms with Crippen LogP contribution in [-0.4, -0.2) is 11.1 Å². The lowest BCUT2D eigenvalue weighted by Gasteiger charge is -2.29. The molecule has 2 aromatic rings. The number of carbonyl (C=O) groups excluding carboxylic acids is 1. The van der Waals surface area contributed by atoms with Gasteiger partial charge in [0.2, 0.25) is 0 Å². The first kappa shape index (κ1) is 28.2. The Labute approximate surface area is 211 Å². The Balaban J connectivity index is 2.73. The van der Waals surface area contributed by atoms with E-state index in [2.05, 4.69) is 47.6 Å². The maximum Gasteiger partial charge on any atom is 0.343 e. The molecule has 0 saturated heterocycles. The number of halogens is 1. The van der Waals surface area contributed by atoms with E-state index in [0.717, 1.165) is 27.8 Å². The van der Waals surface area contributed by atoms with Gasteiger partial charge in [0.05, 0.1) is 11.4 Å². The summed E-state index contributed by atoms with van der Waals surface area (Å²) in [6.07, 6.45) is 0. The van der Waals surface area contributed by atoms with Gasteiger partial charge in [-0.1, -0.05) is 95.2 Å². The van der Waals surface area contributed by atoms with Gasteiger partial charge in [-0.3, -0.25) is 0 Å². The molecule has 0 aliphatic carbocycles. The lowest BCUT2D eigenvalue weighted by atomic mass is 9.78. The summed E-state index contributed by atoms with van der Waals surface area (Å²) in [4.78, 5) is 13.6. The average molecular weight is 487 g/mol. The van der Waals surface area contributed by atoms with E-state index in [1.54, 1.807) is 12.1 Å². The number of hydrogen-bond acceptors (Lipinski definition) is 3. The van der Waals surface area contributed by atoms with Crippen molar-refractivity contribution < 1.29 is 14.6 Å². The standard InChI is InChI=1S/C30H43ClO3/c1-27(2,3)20-13-19(17-31)25(23(16-20)30(10,11)12)34-26(33)18-14-21(28(4,5)6)24(32)22(15-18)29(7,8)9/h13-16,32H,17H2,1-12H3. The first-order valence-electron chi connectivity index (χ1n) is 12.0. The third-order valence-electron chi connectivity index (χ3n) is 6.14. The summed E-state index contributed by atoms with van der Waals surface area (Å²) in [5.74, 6) is 0.563. The minimum absolute atomic E-state index is 0.0659. The molecular formula is C30H43ClO3. The molecule has 0 aliphatic rings. The van der Waals surface area contributed by atoms with E-state index in [1.165, 1.54) is 0 Å². The molecule has 1 N–H and O–H groups in total. The Bertz CT molecular complexity index is 1030. The lowest BCUT2D eigenvalue weighted by molar-refractivity contribution is 0.0730. The molecule has 2 rings (SSSR count). The van der Waals surface area contributed by atoms with Crippen molar-refractivity contribution in [3.63, 3.8) is 0 Å². The van der Waals surface area contributed by atoms with Gasteiger partial charge in [0.15, 0.2) is 0 Å². The fourth-order valence-electron chi connectivity index (χ4n) is 3.95. The summed E-state index contributed by atoms with van der Waals surface area (Å²) in [6, 6.07) is 7.70. The Morgan fingerprint density at radius 1 is 0.735 bits per heavy atom. The van der Waals surface area contributed by atoms with Crippen molar-refractivity contribution in [3.8, 4) is 11.5 Å².